The molecule has 0 radical (unpaired) electrons. The predicted molar refractivity (Wildman–Crippen MR) is 93.5 cm³/mol. The summed E-state index contributed by atoms with van der Waals surface area (Å²) in [5.74, 6) is -2.45. The van der Waals surface area contributed by atoms with E-state index in [4.69, 9.17) is 0 Å². The molecule has 3 rings (SSSR count). The molecule has 140 valence electrons. The van der Waals surface area contributed by atoms with Gasteiger partial charge in [0.2, 0.25) is 0 Å². The number of nitrogens with one attached hydrogen (secondary N) is 1. The van der Waals surface area contributed by atoms with Crippen molar-refractivity contribution in [2.24, 2.45) is 0 Å². The Balaban J connectivity index is 1.21. The number of hydrogen-bond acceptors (Lipinski definition) is 4. The minimum Gasteiger partial charge on any atom is -0.304 e. The van der Waals surface area contributed by atoms with Gasteiger partial charge in [-0.25, -0.2) is 8.78 Å². The molecule has 0 aliphatic carbocycles. The fourth-order valence-electron chi connectivity index (χ4n) is 4.39. The first-order valence-electron chi connectivity index (χ1n) is 9.90. The lowest BCUT2D eigenvalue weighted by atomic mass is 10.0. The molecule has 24 heavy (non-hydrogen) atoms. The molecule has 0 aromatic rings. The molecule has 0 amide bonds. The van der Waals surface area contributed by atoms with Gasteiger partial charge in [0.05, 0.1) is 6.54 Å². The number of halogens is 2. The van der Waals surface area contributed by atoms with Crippen LogP contribution in [0.3, 0.4) is 0 Å². The van der Waals surface area contributed by atoms with Crippen LogP contribution in [0.25, 0.3) is 0 Å². The van der Waals surface area contributed by atoms with Crippen molar-refractivity contribution in [1.82, 2.24) is 20.0 Å². The maximum Gasteiger partial charge on any atom is 0.261 e. The summed E-state index contributed by atoms with van der Waals surface area (Å²) in [6, 6.07) is 0.804. The van der Waals surface area contributed by atoms with Crippen LogP contribution in [-0.4, -0.2) is 85.7 Å². The van der Waals surface area contributed by atoms with Gasteiger partial charge >= 0.3 is 0 Å². The summed E-state index contributed by atoms with van der Waals surface area (Å²) in [5.41, 5.74) is 0. The highest BCUT2D eigenvalue weighted by Gasteiger charge is 2.37. The van der Waals surface area contributed by atoms with E-state index < -0.39 is 5.92 Å². The summed E-state index contributed by atoms with van der Waals surface area (Å²) in [6.45, 7) is 8.15. The van der Waals surface area contributed by atoms with Crippen molar-refractivity contribution in [2.45, 2.75) is 56.9 Å². The Morgan fingerprint density at radius 1 is 0.917 bits per heavy atom. The molecule has 3 aliphatic rings. The molecule has 0 aromatic heterocycles. The molecule has 1 N–H and O–H groups in total. The third kappa shape index (κ3) is 5.61. The molecule has 0 saturated carbocycles. The first-order valence-corrected chi connectivity index (χ1v) is 9.90. The Hall–Kier alpha value is -0.300. The first-order chi connectivity index (χ1) is 11.6. The van der Waals surface area contributed by atoms with Crippen LogP contribution in [0.1, 0.15) is 44.9 Å². The first kappa shape index (κ1) is 18.5. The van der Waals surface area contributed by atoms with E-state index in [-0.39, 0.29) is 13.0 Å². The molecule has 3 heterocycles. The standard InChI is InChI=1S/C18H34F2N4/c19-18(20)7-14-22(15-18)9-4-8-21-16-23-12-5-17(6-13-23)24-10-2-1-3-11-24/h17,21H,1-16H2. The van der Waals surface area contributed by atoms with Crippen LogP contribution in [0.15, 0.2) is 0 Å². The van der Waals surface area contributed by atoms with Gasteiger partial charge in [-0.2, -0.15) is 0 Å². The number of rotatable bonds is 7. The third-order valence-corrected chi connectivity index (χ3v) is 5.88. The number of nitrogens with zero attached hydrogens (tertiary/aromatic N) is 3. The van der Waals surface area contributed by atoms with Crippen molar-refractivity contribution < 1.29 is 8.78 Å². The van der Waals surface area contributed by atoms with E-state index in [0.717, 1.165) is 32.2 Å². The highest BCUT2D eigenvalue weighted by atomic mass is 19.3. The number of likely N-dealkylation sites (tertiary alicyclic amines) is 3. The minimum absolute atomic E-state index is 0.0341. The Labute approximate surface area is 145 Å². The van der Waals surface area contributed by atoms with E-state index in [1.165, 1.54) is 58.3 Å². The van der Waals surface area contributed by atoms with Gasteiger partial charge in [-0.1, -0.05) is 6.42 Å². The summed E-state index contributed by atoms with van der Waals surface area (Å²) >= 11 is 0. The molecular weight excluding hydrogens is 310 g/mol. The second-order valence-electron chi connectivity index (χ2n) is 7.84. The van der Waals surface area contributed by atoms with Gasteiger partial charge in [-0.15, -0.1) is 0 Å². The van der Waals surface area contributed by atoms with Crippen LogP contribution in [0.5, 0.6) is 0 Å². The largest absolute Gasteiger partial charge is 0.304 e. The summed E-state index contributed by atoms with van der Waals surface area (Å²) < 4.78 is 26.2. The van der Waals surface area contributed by atoms with E-state index in [1.54, 1.807) is 0 Å². The van der Waals surface area contributed by atoms with E-state index in [9.17, 15) is 8.78 Å². The van der Waals surface area contributed by atoms with Crippen molar-refractivity contribution in [2.75, 3.05) is 59.0 Å². The molecule has 0 unspecified atom stereocenters. The lowest BCUT2D eigenvalue weighted by Crippen LogP contribution is -2.48. The smallest absolute Gasteiger partial charge is 0.261 e. The van der Waals surface area contributed by atoms with Gasteiger partial charge < -0.3 is 10.2 Å². The Kier molecular flexibility index (Phi) is 6.84. The lowest BCUT2D eigenvalue weighted by Gasteiger charge is -2.40. The summed E-state index contributed by atoms with van der Waals surface area (Å²) in [5, 5.41) is 3.49. The van der Waals surface area contributed by atoms with Crippen molar-refractivity contribution >= 4 is 0 Å². The highest BCUT2D eigenvalue weighted by molar-refractivity contribution is 4.82. The fraction of sp³-hybridized carbons (Fsp3) is 1.00. The van der Waals surface area contributed by atoms with Gasteiger partial charge in [0.15, 0.2) is 0 Å². The Morgan fingerprint density at radius 3 is 2.33 bits per heavy atom. The molecule has 4 nitrogen and oxygen atoms in total. The van der Waals surface area contributed by atoms with Crippen molar-refractivity contribution in [3.63, 3.8) is 0 Å². The average Bonchev–Trinajstić information content (AvgIpc) is 2.95. The predicted octanol–water partition coefficient (Wildman–Crippen LogP) is 2.21. The SMILES string of the molecule is FC1(F)CCN(CCCNCN2CCC(N3CCCCC3)CC2)C1. The monoisotopic (exact) mass is 344 g/mol. The van der Waals surface area contributed by atoms with Crippen LogP contribution in [-0.2, 0) is 0 Å². The molecule has 0 spiro atoms. The second kappa shape index (κ2) is 8.88. The van der Waals surface area contributed by atoms with Gasteiger partial charge in [-0.05, 0) is 58.3 Å². The molecule has 3 fully saturated rings. The molecule has 0 bridgehead atoms. The Morgan fingerprint density at radius 2 is 1.67 bits per heavy atom. The van der Waals surface area contributed by atoms with E-state index in [2.05, 4.69) is 15.1 Å². The topological polar surface area (TPSA) is 21.8 Å². The van der Waals surface area contributed by atoms with Crippen LogP contribution < -0.4 is 5.32 Å². The van der Waals surface area contributed by atoms with Gasteiger partial charge in [0.1, 0.15) is 0 Å². The van der Waals surface area contributed by atoms with Gasteiger partial charge in [0.25, 0.3) is 5.92 Å². The van der Waals surface area contributed by atoms with Crippen LogP contribution in [0.2, 0.25) is 0 Å². The maximum atomic E-state index is 13.1. The molecule has 0 aromatic carbocycles. The minimum atomic E-state index is -2.45. The molecule has 3 aliphatic heterocycles. The summed E-state index contributed by atoms with van der Waals surface area (Å²) in [7, 11) is 0. The molecule has 3 saturated heterocycles. The van der Waals surface area contributed by atoms with E-state index >= 15 is 0 Å². The van der Waals surface area contributed by atoms with Crippen molar-refractivity contribution in [3.8, 4) is 0 Å². The van der Waals surface area contributed by atoms with Gasteiger partial charge in [0, 0.05) is 38.8 Å². The second-order valence-corrected chi connectivity index (χ2v) is 7.84. The highest BCUT2D eigenvalue weighted by Crippen LogP contribution is 2.26. The maximum absolute atomic E-state index is 13.1. The number of alkyl halides is 2. The van der Waals surface area contributed by atoms with Crippen molar-refractivity contribution in [1.29, 1.82) is 0 Å². The van der Waals surface area contributed by atoms with Crippen LogP contribution in [0, 0.1) is 0 Å². The summed E-state index contributed by atoms with van der Waals surface area (Å²) in [4.78, 5) is 7.11. The zero-order valence-corrected chi connectivity index (χ0v) is 15.0. The van der Waals surface area contributed by atoms with Crippen LogP contribution in [0.4, 0.5) is 8.78 Å². The molecule has 6 heteroatoms. The van der Waals surface area contributed by atoms with E-state index in [0.29, 0.717) is 6.54 Å². The Bertz CT molecular complexity index is 366. The lowest BCUT2D eigenvalue weighted by molar-refractivity contribution is 0.0121. The quantitative estimate of drug-likeness (QED) is 0.715. The normalized spacial score (nSPS) is 27.8. The zero-order valence-electron chi connectivity index (χ0n) is 15.0. The molecular formula is C18H34F2N4. The van der Waals surface area contributed by atoms with Gasteiger partial charge in [-0.3, -0.25) is 9.80 Å². The average molecular weight is 344 g/mol. The fourth-order valence-corrected chi connectivity index (χ4v) is 4.39. The van der Waals surface area contributed by atoms with Crippen LogP contribution >= 0.6 is 0 Å². The van der Waals surface area contributed by atoms with Crippen molar-refractivity contribution in [3.05, 3.63) is 0 Å². The number of hydrogen-bond donors (Lipinski definition) is 1. The molecule has 0 atom stereocenters. The summed E-state index contributed by atoms with van der Waals surface area (Å²) in [6.07, 6.45) is 7.76. The number of piperidine rings is 2. The third-order valence-electron chi connectivity index (χ3n) is 5.88. The van der Waals surface area contributed by atoms with E-state index in [1.807, 2.05) is 4.90 Å². The zero-order chi connectivity index (χ0) is 16.8.